The van der Waals surface area contributed by atoms with Crippen molar-refractivity contribution in [2.75, 3.05) is 7.04 Å². The molecule has 0 bridgehead atoms. The van der Waals surface area contributed by atoms with Crippen LogP contribution in [0.5, 0.6) is 5.75 Å². The van der Waals surface area contributed by atoms with Gasteiger partial charge in [-0.05, 0) is 12.1 Å². The second-order valence-electron chi connectivity index (χ2n) is 1.97. The Morgan fingerprint density at radius 1 is 1.75 bits per heavy atom. The largest absolute Gasteiger partial charge is 0.495 e. The number of nitrogens with zero attached hydrogens (tertiary/aromatic N) is 1. The van der Waals surface area contributed by atoms with Gasteiger partial charge < -0.3 is 4.74 Å². The number of halogens is 2. The Bertz CT molecular complexity index is 427. The lowest BCUT2D eigenvalue weighted by molar-refractivity contribution is 0.409. The second kappa shape index (κ2) is 3.55. The monoisotopic (exact) mass is 232 g/mol. The van der Waals surface area contributed by atoms with Crippen LogP contribution in [0.1, 0.15) is 9.68 Å². The van der Waals surface area contributed by atoms with E-state index in [1.807, 2.05) is 0 Å². The summed E-state index contributed by atoms with van der Waals surface area (Å²) in [4.78, 5) is 0. The molecule has 1 aromatic rings. The fourth-order valence-corrected chi connectivity index (χ4v) is 1.15. The summed E-state index contributed by atoms with van der Waals surface area (Å²) in [5.74, 6) is -1.13. The first-order valence-electron chi connectivity index (χ1n) is 4.41. The van der Waals surface area contributed by atoms with Crippen LogP contribution in [-0.4, -0.2) is 7.04 Å². The van der Waals surface area contributed by atoms with Crippen LogP contribution in [0.4, 0.5) is 4.39 Å². The lowest BCUT2D eigenvalue weighted by Gasteiger charge is -2.03. The van der Waals surface area contributed by atoms with E-state index in [4.69, 9.17) is 9.37 Å². The summed E-state index contributed by atoms with van der Waals surface area (Å²) < 4.78 is 38.5. The molecule has 0 amide bonds. The third-order valence-electron chi connectivity index (χ3n) is 1.24. The van der Waals surface area contributed by atoms with E-state index in [2.05, 4.69) is 20.7 Å². The molecular formula is C8H5BrFNO. The quantitative estimate of drug-likeness (QED) is 0.746. The van der Waals surface area contributed by atoms with Gasteiger partial charge in [0.05, 0.1) is 11.2 Å². The van der Waals surface area contributed by atoms with Crippen LogP contribution < -0.4 is 4.74 Å². The summed E-state index contributed by atoms with van der Waals surface area (Å²) in [6, 6.07) is 3.83. The maximum Gasteiger partial charge on any atom is 0.145 e. The smallest absolute Gasteiger partial charge is 0.145 e. The van der Waals surface area contributed by atoms with Crippen LogP contribution in [0.25, 0.3) is 0 Å². The van der Waals surface area contributed by atoms with Gasteiger partial charge in [-0.1, -0.05) is 15.9 Å². The molecule has 1 rings (SSSR count). The summed E-state index contributed by atoms with van der Waals surface area (Å²) in [6.07, 6.45) is 0. The molecule has 0 spiro atoms. The standard InChI is InChI=1S/C8H5BrFNO/c1-12-8-3-5(9)2-7(10)6(8)4-11/h2-3H,1H3/i1D3. The summed E-state index contributed by atoms with van der Waals surface area (Å²) in [6.45, 7) is 0. The average Bonchev–Trinajstić information content (AvgIpc) is 1.99. The number of nitriles is 1. The number of hydrogen-bond donors (Lipinski definition) is 0. The molecule has 1 aromatic carbocycles. The molecule has 0 aliphatic rings. The Morgan fingerprint density at radius 3 is 3.08 bits per heavy atom. The average molecular weight is 233 g/mol. The molecule has 0 radical (unpaired) electrons. The van der Waals surface area contributed by atoms with Crippen molar-refractivity contribution < 1.29 is 13.2 Å². The van der Waals surface area contributed by atoms with Gasteiger partial charge in [0.1, 0.15) is 23.2 Å². The molecule has 0 saturated carbocycles. The van der Waals surface area contributed by atoms with E-state index in [0.717, 1.165) is 6.07 Å². The Hall–Kier alpha value is -1.08. The van der Waals surface area contributed by atoms with Crippen molar-refractivity contribution >= 4 is 15.9 Å². The number of ether oxygens (including phenoxy) is 1. The van der Waals surface area contributed by atoms with Gasteiger partial charge in [-0.3, -0.25) is 0 Å². The van der Waals surface area contributed by atoms with Crippen molar-refractivity contribution in [3.63, 3.8) is 0 Å². The van der Waals surface area contributed by atoms with E-state index in [1.165, 1.54) is 6.07 Å². The van der Waals surface area contributed by atoms with E-state index >= 15 is 0 Å². The lowest BCUT2D eigenvalue weighted by atomic mass is 10.2. The molecule has 12 heavy (non-hydrogen) atoms. The molecule has 0 heterocycles. The normalized spacial score (nSPS) is 13.9. The Morgan fingerprint density at radius 2 is 2.50 bits per heavy atom. The summed E-state index contributed by atoms with van der Waals surface area (Å²) in [5.41, 5.74) is -0.422. The fraction of sp³-hybridized carbons (Fsp3) is 0.125. The third kappa shape index (κ3) is 1.56. The topological polar surface area (TPSA) is 33.0 Å². The molecule has 0 aromatic heterocycles. The molecule has 62 valence electrons. The van der Waals surface area contributed by atoms with Crippen molar-refractivity contribution in [1.82, 2.24) is 0 Å². The molecule has 0 N–H and O–H groups in total. The molecule has 4 heteroatoms. The Kier molecular flexibility index (Phi) is 1.64. The van der Waals surface area contributed by atoms with Crippen molar-refractivity contribution in [2.24, 2.45) is 0 Å². The van der Waals surface area contributed by atoms with Crippen LogP contribution in [0.3, 0.4) is 0 Å². The van der Waals surface area contributed by atoms with Crippen LogP contribution in [0.15, 0.2) is 16.6 Å². The molecule has 0 atom stereocenters. The number of benzene rings is 1. The van der Waals surface area contributed by atoms with Gasteiger partial charge in [0.15, 0.2) is 0 Å². The van der Waals surface area contributed by atoms with E-state index in [9.17, 15) is 4.39 Å². The highest BCUT2D eigenvalue weighted by Gasteiger charge is 2.09. The molecule has 0 saturated heterocycles. The second-order valence-corrected chi connectivity index (χ2v) is 2.89. The van der Waals surface area contributed by atoms with Gasteiger partial charge in [-0.2, -0.15) is 5.26 Å². The number of hydrogen-bond acceptors (Lipinski definition) is 2. The molecule has 2 nitrogen and oxygen atoms in total. The predicted molar refractivity (Wildman–Crippen MR) is 45.4 cm³/mol. The first kappa shape index (κ1) is 5.55. The molecular weight excluding hydrogens is 225 g/mol. The summed E-state index contributed by atoms with van der Waals surface area (Å²) >= 11 is 2.97. The van der Waals surface area contributed by atoms with Crippen molar-refractivity contribution in [2.45, 2.75) is 0 Å². The first-order valence-corrected chi connectivity index (χ1v) is 3.71. The first-order chi connectivity index (χ1) is 6.83. The van der Waals surface area contributed by atoms with Gasteiger partial charge in [0, 0.05) is 4.47 Å². The Balaban J connectivity index is 3.23. The van der Waals surface area contributed by atoms with Crippen molar-refractivity contribution in [1.29, 1.82) is 5.26 Å². The minimum absolute atomic E-state index is 0.302. The maximum atomic E-state index is 13.2. The van der Waals surface area contributed by atoms with Gasteiger partial charge in [-0.25, -0.2) is 4.39 Å². The fourth-order valence-electron chi connectivity index (χ4n) is 0.739. The SMILES string of the molecule is [2H]C([2H])([2H])Oc1cc(Br)cc(F)c1C#N. The Labute approximate surface area is 81.9 Å². The zero-order valence-corrected chi connectivity index (χ0v) is 7.35. The molecule has 0 aliphatic carbocycles. The summed E-state index contributed by atoms with van der Waals surface area (Å²) in [7, 11) is -2.71. The highest BCUT2D eigenvalue weighted by atomic mass is 79.9. The minimum Gasteiger partial charge on any atom is -0.495 e. The van der Waals surface area contributed by atoms with E-state index in [0.29, 0.717) is 4.47 Å². The molecule has 0 unspecified atom stereocenters. The van der Waals surface area contributed by atoms with E-state index in [-0.39, 0.29) is 5.75 Å². The highest BCUT2D eigenvalue weighted by molar-refractivity contribution is 9.10. The van der Waals surface area contributed by atoms with Gasteiger partial charge in [0.2, 0.25) is 0 Å². The van der Waals surface area contributed by atoms with Crippen LogP contribution in [0.2, 0.25) is 0 Å². The van der Waals surface area contributed by atoms with Crippen molar-refractivity contribution in [3.05, 3.63) is 28.0 Å². The highest BCUT2D eigenvalue weighted by Crippen LogP contribution is 2.25. The zero-order valence-electron chi connectivity index (χ0n) is 8.77. The zero-order chi connectivity index (χ0) is 11.6. The molecule has 0 fully saturated rings. The van der Waals surface area contributed by atoms with Crippen LogP contribution >= 0.6 is 15.9 Å². The van der Waals surface area contributed by atoms with Gasteiger partial charge in [0.25, 0.3) is 0 Å². The predicted octanol–water partition coefficient (Wildman–Crippen LogP) is 2.47. The third-order valence-corrected chi connectivity index (χ3v) is 1.70. The maximum absolute atomic E-state index is 13.2. The number of rotatable bonds is 1. The van der Waals surface area contributed by atoms with E-state index in [1.54, 1.807) is 6.07 Å². The minimum atomic E-state index is -2.71. The van der Waals surface area contributed by atoms with E-state index < -0.39 is 18.4 Å². The molecule has 0 aliphatic heterocycles. The van der Waals surface area contributed by atoms with Crippen LogP contribution in [0, 0.1) is 17.1 Å². The summed E-state index contributed by atoms with van der Waals surface area (Å²) in [5, 5.41) is 8.62. The number of methoxy groups -OCH3 is 1. The van der Waals surface area contributed by atoms with Crippen LogP contribution in [-0.2, 0) is 0 Å². The van der Waals surface area contributed by atoms with Crippen molar-refractivity contribution in [3.8, 4) is 11.8 Å². The van der Waals surface area contributed by atoms with Gasteiger partial charge >= 0.3 is 0 Å². The lowest BCUT2D eigenvalue weighted by Crippen LogP contribution is -1.91. The van der Waals surface area contributed by atoms with Gasteiger partial charge in [-0.15, -0.1) is 0 Å².